The molecule has 0 spiro atoms. The number of aryl methyl sites for hydroxylation is 1. The molecule has 0 saturated carbocycles. The van der Waals surface area contributed by atoms with Crippen LogP contribution in [0.4, 0.5) is 8.78 Å². The van der Waals surface area contributed by atoms with Gasteiger partial charge in [0.25, 0.3) is 6.43 Å². The number of rotatable bonds is 4. The van der Waals surface area contributed by atoms with Crippen molar-refractivity contribution in [3.05, 3.63) is 63.7 Å². The second-order valence-corrected chi connectivity index (χ2v) is 3.97. The Labute approximate surface area is 108 Å². The third-order valence-corrected chi connectivity index (χ3v) is 2.53. The molecule has 1 aromatic heterocycles. The Morgan fingerprint density at radius 3 is 2.53 bits per heavy atom. The van der Waals surface area contributed by atoms with Crippen molar-refractivity contribution in [2.45, 2.75) is 20.0 Å². The minimum atomic E-state index is -2.81. The molecular formula is C14H12F2O3. The van der Waals surface area contributed by atoms with Crippen molar-refractivity contribution in [2.75, 3.05) is 0 Å². The first-order valence-corrected chi connectivity index (χ1v) is 5.67. The molecule has 0 amide bonds. The molecular weight excluding hydrogens is 254 g/mol. The average molecular weight is 266 g/mol. The molecule has 3 nitrogen and oxygen atoms in total. The highest BCUT2D eigenvalue weighted by atomic mass is 19.3. The molecule has 0 aliphatic carbocycles. The van der Waals surface area contributed by atoms with E-state index in [1.807, 2.05) is 30.3 Å². The Balaban J connectivity index is 2.20. The Morgan fingerprint density at radius 1 is 1.26 bits per heavy atom. The molecule has 0 atom stereocenters. The molecule has 0 aliphatic heterocycles. The quantitative estimate of drug-likeness (QED) is 0.850. The second kappa shape index (κ2) is 5.65. The first-order valence-electron chi connectivity index (χ1n) is 5.67. The van der Waals surface area contributed by atoms with Crippen LogP contribution in [0.15, 0.2) is 45.6 Å². The number of hydrogen-bond acceptors (Lipinski definition) is 3. The summed E-state index contributed by atoms with van der Waals surface area (Å²) in [5.74, 6) is -0.624. The lowest BCUT2D eigenvalue weighted by Crippen LogP contribution is -2.10. The number of hydrogen-bond donors (Lipinski definition) is 0. The van der Waals surface area contributed by atoms with E-state index in [1.54, 1.807) is 0 Å². The molecule has 100 valence electrons. The van der Waals surface area contributed by atoms with Gasteiger partial charge in [0.15, 0.2) is 5.76 Å². The van der Waals surface area contributed by atoms with Crippen molar-refractivity contribution in [1.82, 2.24) is 0 Å². The van der Waals surface area contributed by atoms with E-state index in [2.05, 4.69) is 0 Å². The summed E-state index contributed by atoms with van der Waals surface area (Å²) in [5, 5.41) is 0. The summed E-state index contributed by atoms with van der Waals surface area (Å²) < 4.78 is 35.1. The fraction of sp³-hybridized carbons (Fsp3) is 0.214. The summed E-state index contributed by atoms with van der Waals surface area (Å²) in [7, 11) is 0. The molecule has 5 heteroatoms. The lowest BCUT2D eigenvalue weighted by atomic mass is 10.2. The highest BCUT2D eigenvalue weighted by Crippen LogP contribution is 2.22. The van der Waals surface area contributed by atoms with Gasteiger partial charge in [-0.3, -0.25) is 4.79 Å². The molecule has 19 heavy (non-hydrogen) atoms. The minimum Gasteiger partial charge on any atom is -0.482 e. The molecule has 0 saturated heterocycles. The summed E-state index contributed by atoms with van der Waals surface area (Å²) in [6, 6.07) is 9.98. The fourth-order valence-corrected chi connectivity index (χ4v) is 1.63. The molecule has 0 fully saturated rings. The van der Waals surface area contributed by atoms with E-state index in [1.165, 1.54) is 6.92 Å². The third kappa shape index (κ3) is 3.19. The van der Waals surface area contributed by atoms with Gasteiger partial charge in [-0.15, -0.1) is 0 Å². The molecule has 0 aliphatic rings. The predicted octanol–water partition coefficient (Wildman–Crippen LogP) is 3.46. The Morgan fingerprint density at radius 2 is 1.95 bits per heavy atom. The van der Waals surface area contributed by atoms with E-state index >= 15 is 0 Å². The fourth-order valence-electron chi connectivity index (χ4n) is 1.63. The molecule has 0 radical (unpaired) electrons. The van der Waals surface area contributed by atoms with Crippen molar-refractivity contribution < 1.29 is 17.9 Å². The van der Waals surface area contributed by atoms with Gasteiger partial charge in [0.05, 0.1) is 0 Å². The Bertz CT molecular complexity index is 606. The van der Waals surface area contributed by atoms with Gasteiger partial charge in [0.1, 0.15) is 12.4 Å². The largest absolute Gasteiger partial charge is 0.482 e. The van der Waals surface area contributed by atoms with Crippen molar-refractivity contribution in [1.29, 1.82) is 0 Å². The van der Waals surface area contributed by atoms with Crippen LogP contribution in [0.1, 0.15) is 23.5 Å². The lowest BCUT2D eigenvalue weighted by molar-refractivity contribution is 0.116. The molecule has 1 heterocycles. The smallest absolute Gasteiger partial charge is 0.295 e. The van der Waals surface area contributed by atoms with Gasteiger partial charge in [-0.2, -0.15) is 0 Å². The number of alkyl halides is 2. The van der Waals surface area contributed by atoms with E-state index in [0.717, 1.165) is 11.6 Å². The summed E-state index contributed by atoms with van der Waals surface area (Å²) in [6.07, 6.45) is -2.81. The molecule has 0 bridgehead atoms. The normalized spacial score (nSPS) is 10.7. The Kier molecular flexibility index (Phi) is 3.94. The van der Waals surface area contributed by atoms with E-state index in [0.29, 0.717) is 0 Å². The van der Waals surface area contributed by atoms with Crippen molar-refractivity contribution in [2.24, 2.45) is 0 Å². The maximum atomic E-state index is 12.4. The van der Waals surface area contributed by atoms with Crippen LogP contribution in [-0.4, -0.2) is 0 Å². The first kappa shape index (κ1) is 13.3. The van der Waals surface area contributed by atoms with Crippen molar-refractivity contribution in [3.63, 3.8) is 0 Å². The van der Waals surface area contributed by atoms with Crippen LogP contribution in [0.2, 0.25) is 0 Å². The Hall–Kier alpha value is -2.17. The van der Waals surface area contributed by atoms with Crippen LogP contribution in [0.3, 0.4) is 0 Å². The third-order valence-electron chi connectivity index (χ3n) is 2.53. The number of halogens is 2. The van der Waals surface area contributed by atoms with Crippen LogP contribution in [0.25, 0.3) is 0 Å². The van der Waals surface area contributed by atoms with Gasteiger partial charge in [0, 0.05) is 6.07 Å². The van der Waals surface area contributed by atoms with Crippen LogP contribution < -0.4 is 10.2 Å². The van der Waals surface area contributed by atoms with Gasteiger partial charge in [-0.05, 0) is 12.5 Å². The SMILES string of the molecule is Cc1oc(C(F)F)cc(=O)c1OCc1ccccc1. The molecule has 0 N–H and O–H groups in total. The van der Waals surface area contributed by atoms with E-state index in [-0.39, 0.29) is 18.1 Å². The van der Waals surface area contributed by atoms with Gasteiger partial charge in [0.2, 0.25) is 11.2 Å². The van der Waals surface area contributed by atoms with Gasteiger partial charge < -0.3 is 9.15 Å². The van der Waals surface area contributed by atoms with Gasteiger partial charge in [-0.25, -0.2) is 8.78 Å². The molecule has 0 unspecified atom stereocenters. The first-order chi connectivity index (χ1) is 9.08. The number of benzene rings is 1. The zero-order chi connectivity index (χ0) is 13.8. The van der Waals surface area contributed by atoms with Crippen LogP contribution >= 0.6 is 0 Å². The van der Waals surface area contributed by atoms with Gasteiger partial charge in [-0.1, -0.05) is 30.3 Å². The standard InChI is InChI=1S/C14H12F2O3/c1-9-13(11(17)7-12(19-9)14(15)16)18-8-10-5-3-2-4-6-10/h2-7,14H,8H2,1H3. The highest BCUT2D eigenvalue weighted by molar-refractivity contribution is 5.26. The van der Waals surface area contributed by atoms with Crippen LogP contribution in [0.5, 0.6) is 5.75 Å². The van der Waals surface area contributed by atoms with E-state index < -0.39 is 17.6 Å². The second-order valence-electron chi connectivity index (χ2n) is 3.97. The van der Waals surface area contributed by atoms with Crippen LogP contribution in [-0.2, 0) is 6.61 Å². The zero-order valence-corrected chi connectivity index (χ0v) is 10.2. The summed E-state index contributed by atoms with van der Waals surface area (Å²) >= 11 is 0. The topological polar surface area (TPSA) is 39.4 Å². The highest BCUT2D eigenvalue weighted by Gasteiger charge is 2.16. The maximum Gasteiger partial charge on any atom is 0.295 e. The lowest BCUT2D eigenvalue weighted by Gasteiger charge is -2.08. The maximum absolute atomic E-state index is 12.4. The van der Waals surface area contributed by atoms with E-state index in [4.69, 9.17) is 9.15 Å². The zero-order valence-electron chi connectivity index (χ0n) is 10.2. The van der Waals surface area contributed by atoms with Gasteiger partial charge >= 0.3 is 0 Å². The summed E-state index contributed by atoms with van der Waals surface area (Å²) in [6.45, 7) is 1.61. The molecule has 2 aromatic rings. The predicted molar refractivity (Wildman–Crippen MR) is 65.4 cm³/mol. The monoisotopic (exact) mass is 266 g/mol. The van der Waals surface area contributed by atoms with Crippen molar-refractivity contribution >= 4 is 0 Å². The summed E-state index contributed by atoms with van der Waals surface area (Å²) in [4.78, 5) is 11.7. The van der Waals surface area contributed by atoms with Crippen molar-refractivity contribution in [3.8, 4) is 5.75 Å². The summed E-state index contributed by atoms with van der Waals surface area (Å²) in [5.41, 5.74) is 0.272. The number of ether oxygens (including phenoxy) is 1. The van der Waals surface area contributed by atoms with E-state index in [9.17, 15) is 13.6 Å². The molecule has 2 rings (SSSR count). The average Bonchev–Trinajstić information content (AvgIpc) is 2.38. The minimum absolute atomic E-state index is 0.0340. The van der Waals surface area contributed by atoms with Crippen LogP contribution in [0, 0.1) is 6.92 Å². The molecule has 1 aromatic carbocycles.